The fourth-order valence-corrected chi connectivity index (χ4v) is 2.33. The summed E-state index contributed by atoms with van der Waals surface area (Å²) in [4.78, 5) is 3.38. The standard InChI is InChI=1S/C16H7ClF6N2O/c17-12-5-8(15(18,19)20)7-25-13(12)10(6-24)14(26)9-3-1-2-4-11(9)16(21,22)23/h1-5,7,26H. The second-order valence-corrected chi connectivity index (χ2v) is 5.34. The molecule has 26 heavy (non-hydrogen) atoms. The van der Waals surface area contributed by atoms with E-state index in [9.17, 15) is 36.7 Å². The lowest BCUT2D eigenvalue weighted by Crippen LogP contribution is -2.10. The highest BCUT2D eigenvalue weighted by Crippen LogP contribution is 2.38. The quantitative estimate of drug-likeness (QED) is 0.404. The molecule has 0 atom stereocenters. The molecular weight excluding hydrogens is 386 g/mol. The van der Waals surface area contributed by atoms with Crippen molar-refractivity contribution in [3.05, 3.63) is 63.9 Å². The lowest BCUT2D eigenvalue weighted by Gasteiger charge is -2.14. The summed E-state index contributed by atoms with van der Waals surface area (Å²) in [5.41, 5.74) is -4.53. The summed E-state index contributed by atoms with van der Waals surface area (Å²) in [5, 5.41) is 18.7. The second kappa shape index (κ2) is 6.88. The fraction of sp³-hybridized carbons (Fsp3) is 0.125. The molecule has 136 valence electrons. The van der Waals surface area contributed by atoms with Gasteiger partial charge >= 0.3 is 12.4 Å². The van der Waals surface area contributed by atoms with E-state index >= 15 is 0 Å². The summed E-state index contributed by atoms with van der Waals surface area (Å²) in [7, 11) is 0. The van der Waals surface area contributed by atoms with Gasteiger partial charge in [-0.2, -0.15) is 31.6 Å². The van der Waals surface area contributed by atoms with Crippen LogP contribution in [-0.4, -0.2) is 10.1 Å². The molecule has 0 bridgehead atoms. The van der Waals surface area contributed by atoms with Gasteiger partial charge < -0.3 is 5.11 Å². The van der Waals surface area contributed by atoms with Crippen molar-refractivity contribution < 1.29 is 31.4 Å². The van der Waals surface area contributed by atoms with Gasteiger partial charge in [-0.25, -0.2) is 0 Å². The van der Waals surface area contributed by atoms with Crippen LogP contribution in [0.4, 0.5) is 26.3 Å². The van der Waals surface area contributed by atoms with Gasteiger partial charge in [-0.3, -0.25) is 4.98 Å². The number of hydrogen-bond donors (Lipinski definition) is 1. The molecule has 0 saturated carbocycles. The molecule has 3 nitrogen and oxygen atoms in total. The smallest absolute Gasteiger partial charge is 0.417 e. The number of rotatable bonds is 2. The zero-order valence-corrected chi connectivity index (χ0v) is 13.2. The van der Waals surface area contributed by atoms with Crippen molar-refractivity contribution in [3.63, 3.8) is 0 Å². The van der Waals surface area contributed by atoms with E-state index in [-0.39, 0.29) is 0 Å². The van der Waals surface area contributed by atoms with Crippen LogP contribution in [0, 0.1) is 11.3 Å². The van der Waals surface area contributed by atoms with E-state index in [0.717, 1.165) is 12.1 Å². The predicted octanol–water partition coefficient (Wildman–Crippen LogP) is 5.72. The van der Waals surface area contributed by atoms with Crippen molar-refractivity contribution in [1.29, 1.82) is 5.26 Å². The van der Waals surface area contributed by atoms with Crippen LogP contribution in [0.25, 0.3) is 11.3 Å². The Labute approximate surface area is 147 Å². The molecule has 0 radical (unpaired) electrons. The van der Waals surface area contributed by atoms with Crippen molar-refractivity contribution in [2.24, 2.45) is 0 Å². The van der Waals surface area contributed by atoms with Crippen LogP contribution in [-0.2, 0) is 12.4 Å². The zero-order chi connectivity index (χ0) is 19.7. The molecule has 10 heteroatoms. The Morgan fingerprint density at radius 1 is 1.08 bits per heavy atom. The summed E-state index contributed by atoms with van der Waals surface area (Å²) >= 11 is 5.69. The number of aliphatic hydroxyl groups is 1. The van der Waals surface area contributed by atoms with Crippen LogP contribution in [0.5, 0.6) is 0 Å². The van der Waals surface area contributed by atoms with Gasteiger partial charge in [0, 0.05) is 11.8 Å². The van der Waals surface area contributed by atoms with E-state index in [4.69, 9.17) is 11.6 Å². The summed E-state index contributed by atoms with van der Waals surface area (Å²) < 4.78 is 77.1. The Hall–Kier alpha value is -2.73. The third-order valence-corrected chi connectivity index (χ3v) is 3.53. The van der Waals surface area contributed by atoms with Gasteiger partial charge in [-0.1, -0.05) is 29.8 Å². The molecule has 0 fully saturated rings. The van der Waals surface area contributed by atoms with Gasteiger partial charge in [0.25, 0.3) is 0 Å². The van der Waals surface area contributed by atoms with Crippen LogP contribution >= 0.6 is 11.6 Å². The topological polar surface area (TPSA) is 56.9 Å². The lowest BCUT2D eigenvalue weighted by molar-refractivity contribution is -0.138. The van der Waals surface area contributed by atoms with Gasteiger partial charge in [0.1, 0.15) is 23.1 Å². The summed E-state index contributed by atoms with van der Waals surface area (Å²) in [6.45, 7) is 0. The highest BCUT2D eigenvalue weighted by molar-refractivity contribution is 6.32. The number of hydrogen-bond acceptors (Lipinski definition) is 3. The molecule has 1 N–H and O–H groups in total. The lowest BCUT2D eigenvalue weighted by atomic mass is 10.0. The Balaban J connectivity index is 2.68. The molecule has 1 aromatic heterocycles. The van der Waals surface area contributed by atoms with Gasteiger partial charge in [0.05, 0.1) is 16.1 Å². The van der Waals surface area contributed by atoms with E-state index in [1.807, 2.05) is 0 Å². The molecule has 0 saturated heterocycles. The number of halogens is 7. The predicted molar refractivity (Wildman–Crippen MR) is 80.7 cm³/mol. The normalized spacial score (nSPS) is 13.2. The van der Waals surface area contributed by atoms with Crippen molar-refractivity contribution in [1.82, 2.24) is 4.98 Å². The molecule has 2 aromatic rings. The first-order chi connectivity index (χ1) is 12.0. The third-order valence-electron chi connectivity index (χ3n) is 3.24. The van der Waals surface area contributed by atoms with Crippen LogP contribution in [0.3, 0.4) is 0 Å². The van der Waals surface area contributed by atoms with Gasteiger partial charge in [0.15, 0.2) is 0 Å². The van der Waals surface area contributed by atoms with Crippen molar-refractivity contribution in [3.8, 4) is 6.07 Å². The molecular formula is C16H7ClF6N2O. The van der Waals surface area contributed by atoms with E-state index in [0.29, 0.717) is 18.3 Å². The molecule has 0 aliphatic rings. The first kappa shape index (κ1) is 19.6. The van der Waals surface area contributed by atoms with Crippen LogP contribution in [0.1, 0.15) is 22.4 Å². The molecule has 0 spiro atoms. The minimum atomic E-state index is -4.83. The maximum Gasteiger partial charge on any atom is 0.417 e. The Morgan fingerprint density at radius 3 is 2.19 bits per heavy atom. The first-order valence-electron chi connectivity index (χ1n) is 6.70. The monoisotopic (exact) mass is 392 g/mol. The Bertz CT molecular complexity index is 912. The number of allylic oxidation sites excluding steroid dienone is 1. The minimum Gasteiger partial charge on any atom is -0.506 e. The number of alkyl halides is 6. The number of nitriles is 1. The van der Waals surface area contributed by atoms with Gasteiger partial charge in [0.2, 0.25) is 0 Å². The average molecular weight is 393 g/mol. The maximum atomic E-state index is 13.1. The minimum absolute atomic E-state index is 0.363. The highest BCUT2D eigenvalue weighted by Gasteiger charge is 2.35. The van der Waals surface area contributed by atoms with Crippen molar-refractivity contribution in [2.45, 2.75) is 12.4 Å². The van der Waals surface area contributed by atoms with E-state index in [1.54, 1.807) is 0 Å². The van der Waals surface area contributed by atoms with Crippen LogP contribution in [0.15, 0.2) is 36.5 Å². The summed E-state index contributed by atoms with van der Waals surface area (Å²) in [6.07, 6.45) is -9.22. The second-order valence-electron chi connectivity index (χ2n) is 4.93. The van der Waals surface area contributed by atoms with E-state index < -0.39 is 51.1 Å². The Morgan fingerprint density at radius 2 is 1.69 bits per heavy atom. The van der Waals surface area contributed by atoms with Crippen molar-refractivity contribution in [2.75, 3.05) is 0 Å². The van der Waals surface area contributed by atoms with Crippen LogP contribution in [0.2, 0.25) is 5.02 Å². The van der Waals surface area contributed by atoms with Gasteiger partial charge in [-0.05, 0) is 12.1 Å². The summed E-state index contributed by atoms with van der Waals surface area (Å²) in [6, 6.07) is 5.75. The number of pyridine rings is 1. The fourth-order valence-electron chi connectivity index (χ4n) is 2.07. The summed E-state index contributed by atoms with van der Waals surface area (Å²) in [5.74, 6) is -1.10. The molecule has 0 aliphatic heterocycles. The van der Waals surface area contributed by atoms with Crippen molar-refractivity contribution >= 4 is 22.9 Å². The maximum absolute atomic E-state index is 13.1. The molecule has 0 aliphatic carbocycles. The third kappa shape index (κ3) is 3.91. The van der Waals surface area contributed by atoms with Crippen LogP contribution < -0.4 is 0 Å². The highest BCUT2D eigenvalue weighted by atomic mass is 35.5. The SMILES string of the molecule is N#CC(=C(O)c1ccccc1C(F)(F)F)c1ncc(C(F)(F)F)cc1Cl. The molecule has 0 unspecified atom stereocenters. The molecule has 1 aromatic carbocycles. The number of nitrogens with zero attached hydrogens (tertiary/aromatic N) is 2. The number of benzene rings is 1. The first-order valence-corrected chi connectivity index (χ1v) is 7.07. The zero-order valence-electron chi connectivity index (χ0n) is 12.5. The largest absolute Gasteiger partial charge is 0.506 e. The van der Waals surface area contributed by atoms with Gasteiger partial charge in [-0.15, -0.1) is 0 Å². The molecule has 1 heterocycles. The van der Waals surface area contributed by atoms with E-state index in [2.05, 4.69) is 4.98 Å². The Kier molecular flexibility index (Phi) is 5.18. The number of aliphatic hydroxyl groups excluding tert-OH is 1. The molecule has 0 amide bonds. The van der Waals surface area contributed by atoms with E-state index in [1.165, 1.54) is 12.1 Å². The molecule has 2 rings (SSSR count). The average Bonchev–Trinajstić information content (AvgIpc) is 2.55. The number of aromatic nitrogens is 1.